The van der Waals surface area contributed by atoms with E-state index in [-0.39, 0.29) is 29.5 Å². The second kappa shape index (κ2) is 6.91. The van der Waals surface area contributed by atoms with Gasteiger partial charge < -0.3 is 15.7 Å². The van der Waals surface area contributed by atoms with E-state index in [0.29, 0.717) is 13.0 Å². The number of nitrogens with zero attached hydrogens (tertiary/aromatic N) is 1. The van der Waals surface area contributed by atoms with Gasteiger partial charge in [-0.25, -0.2) is 0 Å². The minimum atomic E-state index is -0.359. The van der Waals surface area contributed by atoms with Crippen LogP contribution in [0.15, 0.2) is 0 Å². The lowest BCUT2D eigenvalue weighted by atomic mass is 9.89. The van der Waals surface area contributed by atoms with Crippen molar-refractivity contribution in [1.29, 1.82) is 0 Å². The largest absolute Gasteiger partial charge is 0.395 e. The molecule has 0 aromatic heterocycles. The van der Waals surface area contributed by atoms with Gasteiger partial charge in [-0.05, 0) is 25.7 Å². The van der Waals surface area contributed by atoms with Crippen molar-refractivity contribution in [1.82, 2.24) is 4.90 Å². The van der Waals surface area contributed by atoms with Crippen molar-refractivity contribution in [2.75, 3.05) is 13.2 Å². The lowest BCUT2D eigenvalue weighted by molar-refractivity contribution is -0.138. The molecular weight excluding hydrogens is 236 g/mol. The fourth-order valence-corrected chi connectivity index (χ4v) is 2.37. The number of aliphatic hydroxyl groups is 1. The Hall–Kier alpha value is -0.680. The smallest absolute Gasteiger partial charge is 0.232 e. The molecule has 0 heterocycles. The number of hydrogen-bond donors (Lipinski definition) is 2. The topological polar surface area (TPSA) is 66.6 Å². The second-order valence-corrected chi connectivity index (χ2v) is 5.06. The van der Waals surface area contributed by atoms with Gasteiger partial charge in [0.15, 0.2) is 0 Å². The van der Waals surface area contributed by atoms with Crippen molar-refractivity contribution in [2.24, 2.45) is 11.7 Å². The summed E-state index contributed by atoms with van der Waals surface area (Å²) >= 11 is 4.97. The van der Waals surface area contributed by atoms with E-state index in [2.05, 4.69) is 0 Å². The number of carbonyl (C=O) groups excluding carboxylic acids is 1. The van der Waals surface area contributed by atoms with Gasteiger partial charge in [-0.3, -0.25) is 4.79 Å². The highest BCUT2D eigenvalue weighted by atomic mass is 32.1. The van der Waals surface area contributed by atoms with Crippen LogP contribution in [0, 0.1) is 5.92 Å². The quantitative estimate of drug-likeness (QED) is 0.670. The Morgan fingerprint density at radius 1 is 1.59 bits per heavy atom. The predicted molar refractivity (Wildman–Crippen MR) is 71.6 cm³/mol. The van der Waals surface area contributed by atoms with Crippen LogP contribution in [0.25, 0.3) is 0 Å². The highest BCUT2D eigenvalue weighted by Crippen LogP contribution is 2.26. The number of rotatable bonds is 7. The molecular formula is C12H22N2O2S. The van der Waals surface area contributed by atoms with Crippen LogP contribution in [0.3, 0.4) is 0 Å². The lowest BCUT2D eigenvalue weighted by Crippen LogP contribution is -2.50. The van der Waals surface area contributed by atoms with Gasteiger partial charge >= 0.3 is 0 Å². The van der Waals surface area contributed by atoms with Gasteiger partial charge in [0.2, 0.25) is 5.91 Å². The number of aliphatic hydroxyl groups excluding tert-OH is 1. The Morgan fingerprint density at radius 2 is 2.24 bits per heavy atom. The molecule has 0 radical (unpaired) electrons. The first-order valence-electron chi connectivity index (χ1n) is 6.32. The molecule has 17 heavy (non-hydrogen) atoms. The van der Waals surface area contributed by atoms with Crippen LogP contribution >= 0.6 is 12.2 Å². The summed E-state index contributed by atoms with van der Waals surface area (Å²) in [5.74, 6) is -0.361. The van der Waals surface area contributed by atoms with Gasteiger partial charge in [0.1, 0.15) is 0 Å². The summed E-state index contributed by atoms with van der Waals surface area (Å²) in [5.41, 5.74) is 5.64. The summed E-state index contributed by atoms with van der Waals surface area (Å²) in [6.07, 6.45) is 4.80. The molecule has 1 fully saturated rings. The maximum Gasteiger partial charge on any atom is 0.232 e. The molecule has 0 aliphatic heterocycles. The molecule has 0 bridgehead atoms. The molecule has 3 N–H and O–H groups in total. The lowest BCUT2D eigenvalue weighted by Gasteiger charge is -2.39. The molecule has 1 aliphatic rings. The number of amides is 1. The molecule has 1 amide bonds. The SMILES string of the molecule is CCCC(C(=O)N(CCO)C1CCC1)C(N)=S. The van der Waals surface area contributed by atoms with Crippen molar-refractivity contribution in [2.45, 2.75) is 45.1 Å². The summed E-state index contributed by atoms with van der Waals surface area (Å²) in [6.45, 7) is 2.41. The third-order valence-electron chi connectivity index (χ3n) is 3.36. The minimum Gasteiger partial charge on any atom is -0.395 e. The molecule has 0 aromatic rings. The first-order valence-corrected chi connectivity index (χ1v) is 6.73. The summed E-state index contributed by atoms with van der Waals surface area (Å²) < 4.78 is 0. The van der Waals surface area contributed by atoms with Crippen molar-refractivity contribution >= 4 is 23.1 Å². The van der Waals surface area contributed by atoms with Crippen LogP contribution in [0.1, 0.15) is 39.0 Å². The summed E-state index contributed by atoms with van der Waals surface area (Å²) in [4.78, 5) is 14.4. The van der Waals surface area contributed by atoms with Crippen LogP contribution < -0.4 is 5.73 Å². The van der Waals surface area contributed by atoms with Crippen LogP contribution in [0.4, 0.5) is 0 Å². The van der Waals surface area contributed by atoms with E-state index in [1.54, 1.807) is 4.90 Å². The Bertz CT molecular complexity index is 280. The van der Waals surface area contributed by atoms with Crippen molar-refractivity contribution in [3.63, 3.8) is 0 Å². The molecule has 1 saturated carbocycles. The first kappa shape index (κ1) is 14.4. The third kappa shape index (κ3) is 3.64. The van der Waals surface area contributed by atoms with Gasteiger partial charge in [0.25, 0.3) is 0 Å². The van der Waals surface area contributed by atoms with E-state index in [4.69, 9.17) is 23.1 Å². The maximum absolute atomic E-state index is 12.3. The van der Waals surface area contributed by atoms with E-state index in [9.17, 15) is 4.79 Å². The van der Waals surface area contributed by atoms with E-state index >= 15 is 0 Å². The average molecular weight is 258 g/mol. The zero-order valence-electron chi connectivity index (χ0n) is 10.4. The molecule has 5 heteroatoms. The normalized spacial score (nSPS) is 17.3. The van der Waals surface area contributed by atoms with Gasteiger partial charge in [0.05, 0.1) is 17.5 Å². The van der Waals surface area contributed by atoms with E-state index < -0.39 is 0 Å². The number of carbonyl (C=O) groups is 1. The summed E-state index contributed by atoms with van der Waals surface area (Å²) in [5, 5.41) is 9.05. The Kier molecular flexibility index (Phi) is 5.85. The Labute approximate surface area is 108 Å². The zero-order valence-corrected chi connectivity index (χ0v) is 11.2. The van der Waals surface area contributed by atoms with Gasteiger partial charge in [0, 0.05) is 12.6 Å². The molecule has 1 aliphatic carbocycles. The van der Waals surface area contributed by atoms with Crippen LogP contribution in [-0.2, 0) is 4.79 Å². The van der Waals surface area contributed by atoms with Gasteiger partial charge in [-0.15, -0.1) is 0 Å². The van der Waals surface area contributed by atoms with E-state index in [1.165, 1.54) is 0 Å². The average Bonchev–Trinajstić information content (AvgIpc) is 2.21. The second-order valence-electron chi connectivity index (χ2n) is 4.58. The van der Waals surface area contributed by atoms with Crippen LogP contribution in [-0.4, -0.2) is 40.1 Å². The Morgan fingerprint density at radius 3 is 2.59 bits per heavy atom. The molecule has 1 atom stereocenters. The number of hydrogen-bond acceptors (Lipinski definition) is 3. The molecule has 98 valence electrons. The number of nitrogens with two attached hydrogens (primary N) is 1. The van der Waals surface area contributed by atoms with Gasteiger partial charge in [-0.1, -0.05) is 25.6 Å². The fraction of sp³-hybridized carbons (Fsp3) is 0.833. The molecule has 1 unspecified atom stereocenters. The maximum atomic E-state index is 12.3. The van der Waals surface area contributed by atoms with Crippen molar-refractivity contribution < 1.29 is 9.90 Å². The van der Waals surface area contributed by atoms with Crippen LogP contribution in [0.2, 0.25) is 0 Å². The fourth-order valence-electron chi connectivity index (χ4n) is 2.16. The van der Waals surface area contributed by atoms with Crippen molar-refractivity contribution in [3.8, 4) is 0 Å². The third-order valence-corrected chi connectivity index (χ3v) is 3.64. The molecule has 0 saturated heterocycles. The standard InChI is InChI=1S/C12H22N2O2S/c1-2-4-10(11(13)17)12(16)14(7-8-15)9-5-3-6-9/h9-10,15H,2-8H2,1H3,(H2,13,17). The highest BCUT2D eigenvalue weighted by Gasteiger charge is 2.33. The summed E-state index contributed by atoms with van der Waals surface area (Å²) in [7, 11) is 0. The molecule has 4 nitrogen and oxygen atoms in total. The monoisotopic (exact) mass is 258 g/mol. The van der Waals surface area contributed by atoms with E-state index in [0.717, 1.165) is 25.7 Å². The summed E-state index contributed by atoms with van der Waals surface area (Å²) in [6, 6.07) is 0.281. The van der Waals surface area contributed by atoms with Gasteiger partial charge in [-0.2, -0.15) is 0 Å². The van der Waals surface area contributed by atoms with Crippen LogP contribution in [0.5, 0.6) is 0 Å². The van der Waals surface area contributed by atoms with Crippen molar-refractivity contribution in [3.05, 3.63) is 0 Å². The molecule has 1 rings (SSSR count). The predicted octanol–water partition coefficient (Wildman–Crippen LogP) is 1.06. The highest BCUT2D eigenvalue weighted by molar-refractivity contribution is 7.80. The molecule has 0 spiro atoms. The number of thiocarbonyl (C=S) groups is 1. The van der Waals surface area contributed by atoms with E-state index in [1.807, 2.05) is 6.92 Å². The first-order chi connectivity index (χ1) is 8.11. The zero-order chi connectivity index (χ0) is 12.8. The Balaban J connectivity index is 2.69. The minimum absolute atomic E-state index is 0.00157. The molecule has 0 aromatic carbocycles.